The van der Waals surface area contributed by atoms with E-state index < -0.39 is 17.1 Å². The number of amides is 3. The first kappa shape index (κ1) is 27.5. The fourth-order valence-corrected chi connectivity index (χ4v) is 4.49. The standard InChI is InChI=1S/C25H28N2O9S/c1-31-16-9-14(10-17(32-2)21(16)35-5)11-20-24(29)27(25(30)37-20)8-7-26-23(28)15-12-18(33-3)22(36-6)19(13-15)34-4/h9-13H,7-8H2,1-6H3,(H,26,28)/b20-11-. The number of hydrogen-bond donors (Lipinski definition) is 1. The van der Waals surface area contributed by atoms with Crippen molar-refractivity contribution in [3.63, 3.8) is 0 Å². The molecule has 0 aliphatic carbocycles. The third-order valence-corrected chi connectivity index (χ3v) is 6.31. The Morgan fingerprint density at radius 1 is 0.811 bits per heavy atom. The molecule has 3 rings (SSSR count). The van der Waals surface area contributed by atoms with Crippen LogP contribution >= 0.6 is 11.8 Å². The SMILES string of the molecule is COc1cc(/C=C2\SC(=O)N(CCNC(=O)c3cc(OC)c(OC)c(OC)c3)C2=O)cc(OC)c1OC. The van der Waals surface area contributed by atoms with Crippen molar-refractivity contribution in [1.82, 2.24) is 10.2 Å². The van der Waals surface area contributed by atoms with E-state index in [0.717, 1.165) is 16.7 Å². The largest absolute Gasteiger partial charge is 0.493 e. The second-order valence-electron chi connectivity index (χ2n) is 7.46. The number of benzene rings is 2. The van der Waals surface area contributed by atoms with Crippen LogP contribution in [-0.2, 0) is 4.79 Å². The Hall–Kier alpha value is -4.06. The van der Waals surface area contributed by atoms with Crippen LogP contribution in [0.25, 0.3) is 6.08 Å². The highest BCUT2D eigenvalue weighted by Gasteiger charge is 2.35. The summed E-state index contributed by atoms with van der Waals surface area (Å²) >= 11 is 0.809. The first-order chi connectivity index (χ1) is 17.8. The van der Waals surface area contributed by atoms with Gasteiger partial charge in [0.2, 0.25) is 11.5 Å². The molecule has 0 radical (unpaired) electrons. The van der Waals surface area contributed by atoms with Crippen molar-refractivity contribution >= 4 is 34.9 Å². The van der Waals surface area contributed by atoms with Crippen molar-refractivity contribution in [3.05, 3.63) is 40.3 Å². The van der Waals surface area contributed by atoms with E-state index in [-0.39, 0.29) is 23.6 Å². The number of carbonyl (C=O) groups excluding carboxylic acids is 3. The average Bonchev–Trinajstić information content (AvgIpc) is 3.18. The maximum absolute atomic E-state index is 12.9. The lowest BCUT2D eigenvalue weighted by Crippen LogP contribution is -2.37. The Balaban J connectivity index is 1.70. The summed E-state index contributed by atoms with van der Waals surface area (Å²) in [4.78, 5) is 39.4. The normalized spacial score (nSPS) is 14.0. The van der Waals surface area contributed by atoms with Crippen LogP contribution in [-0.4, -0.2) is 77.7 Å². The molecule has 11 nitrogen and oxygen atoms in total. The van der Waals surface area contributed by atoms with Gasteiger partial charge >= 0.3 is 0 Å². The molecular formula is C25H28N2O9S. The molecule has 0 atom stereocenters. The zero-order valence-corrected chi connectivity index (χ0v) is 22.1. The molecule has 0 unspecified atom stereocenters. The zero-order chi connectivity index (χ0) is 27.1. The average molecular weight is 533 g/mol. The van der Waals surface area contributed by atoms with Gasteiger partial charge in [-0.1, -0.05) is 0 Å². The Morgan fingerprint density at radius 2 is 1.30 bits per heavy atom. The lowest BCUT2D eigenvalue weighted by Gasteiger charge is -2.15. The maximum atomic E-state index is 12.9. The van der Waals surface area contributed by atoms with Crippen LogP contribution in [0.3, 0.4) is 0 Å². The van der Waals surface area contributed by atoms with E-state index in [4.69, 9.17) is 28.4 Å². The molecule has 0 spiro atoms. The molecule has 37 heavy (non-hydrogen) atoms. The number of nitrogens with zero attached hydrogens (tertiary/aromatic N) is 1. The molecular weight excluding hydrogens is 504 g/mol. The summed E-state index contributed by atoms with van der Waals surface area (Å²) in [7, 11) is 8.83. The number of ether oxygens (including phenoxy) is 6. The van der Waals surface area contributed by atoms with Gasteiger partial charge in [-0.2, -0.15) is 0 Å². The first-order valence-electron chi connectivity index (χ1n) is 10.9. The fraction of sp³-hybridized carbons (Fsp3) is 0.320. The molecule has 198 valence electrons. The molecule has 12 heteroatoms. The Bertz CT molecular complexity index is 1180. The van der Waals surface area contributed by atoms with E-state index in [0.29, 0.717) is 40.1 Å². The number of imide groups is 1. The first-order valence-corrected chi connectivity index (χ1v) is 11.8. The van der Waals surface area contributed by atoms with Crippen LogP contribution in [0, 0.1) is 0 Å². The van der Waals surface area contributed by atoms with Gasteiger partial charge in [-0.15, -0.1) is 0 Å². The fourth-order valence-electron chi connectivity index (χ4n) is 3.62. The Morgan fingerprint density at radius 3 is 1.76 bits per heavy atom. The van der Waals surface area contributed by atoms with E-state index in [2.05, 4.69) is 5.32 Å². The quantitative estimate of drug-likeness (QED) is 0.432. The van der Waals surface area contributed by atoms with Crippen LogP contribution < -0.4 is 33.7 Å². The van der Waals surface area contributed by atoms with Gasteiger partial charge in [-0.05, 0) is 47.7 Å². The molecule has 1 aliphatic heterocycles. The summed E-state index contributed by atoms with van der Waals surface area (Å²) < 4.78 is 31.8. The van der Waals surface area contributed by atoms with Crippen molar-refractivity contribution in [3.8, 4) is 34.5 Å². The molecule has 2 aromatic rings. The molecule has 1 aliphatic rings. The van der Waals surface area contributed by atoms with Crippen molar-refractivity contribution in [2.45, 2.75) is 0 Å². The van der Waals surface area contributed by atoms with Gasteiger partial charge in [0.25, 0.3) is 17.1 Å². The smallest absolute Gasteiger partial charge is 0.293 e. The van der Waals surface area contributed by atoms with Gasteiger partial charge in [0.1, 0.15) is 0 Å². The van der Waals surface area contributed by atoms with Gasteiger partial charge < -0.3 is 33.7 Å². The van der Waals surface area contributed by atoms with Gasteiger partial charge in [0.15, 0.2) is 23.0 Å². The molecule has 0 saturated carbocycles. The van der Waals surface area contributed by atoms with Crippen LogP contribution in [0.1, 0.15) is 15.9 Å². The lowest BCUT2D eigenvalue weighted by molar-refractivity contribution is -0.122. The number of hydrogen-bond acceptors (Lipinski definition) is 10. The topological polar surface area (TPSA) is 122 Å². The van der Waals surface area contributed by atoms with Crippen LogP contribution in [0.2, 0.25) is 0 Å². The highest BCUT2D eigenvalue weighted by molar-refractivity contribution is 8.18. The molecule has 0 aromatic heterocycles. The van der Waals surface area contributed by atoms with Crippen molar-refractivity contribution in [1.29, 1.82) is 0 Å². The molecule has 3 amide bonds. The van der Waals surface area contributed by atoms with Crippen molar-refractivity contribution < 1.29 is 42.8 Å². The monoisotopic (exact) mass is 532 g/mol. The molecule has 1 N–H and O–H groups in total. The number of rotatable bonds is 11. The number of nitrogens with one attached hydrogen (secondary N) is 1. The van der Waals surface area contributed by atoms with Gasteiger partial charge in [-0.3, -0.25) is 19.3 Å². The molecule has 2 aromatic carbocycles. The summed E-state index contributed by atoms with van der Waals surface area (Å²) in [5.74, 6) is 1.37. The Kier molecular flexibility index (Phi) is 9.12. The summed E-state index contributed by atoms with van der Waals surface area (Å²) in [6.45, 7) is 0.0401. The third-order valence-electron chi connectivity index (χ3n) is 5.41. The van der Waals surface area contributed by atoms with E-state index in [9.17, 15) is 14.4 Å². The maximum Gasteiger partial charge on any atom is 0.293 e. The minimum atomic E-state index is -0.467. The van der Waals surface area contributed by atoms with Crippen molar-refractivity contribution in [2.24, 2.45) is 0 Å². The highest BCUT2D eigenvalue weighted by atomic mass is 32.2. The van der Waals surface area contributed by atoms with E-state index in [1.807, 2.05) is 0 Å². The summed E-state index contributed by atoms with van der Waals surface area (Å²) in [5.41, 5.74) is 0.863. The van der Waals surface area contributed by atoms with Crippen molar-refractivity contribution in [2.75, 3.05) is 55.7 Å². The van der Waals surface area contributed by atoms with Crippen LogP contribution in [0.4, 0.5) is 4.79 Å². The predicted molar refractivity (Wildman–Crippen MR) is 137 cm³/mol. The summed E-state index contributed by atoms with van der Waals surface area (Å²) in [6, 6.07) is 6.37. The Labute approximate surface area is 218 Å². The van der Waals surface area contributed by atoms with Gasteiger partial charge in [-0.25, -0.2) is 0 Å². The minimum Gasteiger partial charge on any atom is -0.493 e. The molecule has 1 fully saturated rings. The number of carbonyl (C=O) groups is 3. The third kappa shape index (κ3) is 5.85. The minimum absolute atomic E-state index is 0.00652. The number of methoxy groups -OCH3 is 6. The van der Waals surface area contributed by atoms with Gasteiger partial charge in [0.05, 0.1) is 47.6 Å². The predicted octanol–water partition coefficient (Wildman–Crippen LogP) is 3.20. The number of thioether (sulfide) groups is 1. The van der Waals surface area contributed by atoms with E-state index >= 15 is 0 Å². The van der Waals surface area contributed by atoms with E-state index in [1.165, 1.54) is 54.8 Å². The lowest BCUT2D eigenvalue weighted by atomic mass is 10.1. The summed E-state index contributed by atoms with van der Waals surface area (Å²) in [5, 5.41) is 2.26. The molecule has 1 heterocycles. The molecule has 0 bridgehead atoms. The zero-order valence-electron chi connectivity index (χ0n) is 21.3. The second kappa shape index (κ2) is 12.3. The van der Waals surface area contributed by atoms with Crippen LogP contribution in [0.15, 0.2) is 29.2 Å². The van der Waals surface area contributed by atoms with Crippen LogP contribution in [0.5, 0.6) is 34.5 Å². The summed E-state index contributed by atoms with van der Waals surface area (Å²) in [6.07, 6.45) is 1.57. The second-order valence-corrected chi connectivity index (χ2v) is 8.46. The highest BCUT2D eigenvalue weighted by Crippen LogP contribution is 2.40. The molecule has 1 saturated heterocycles. The van der Waals surface area contributed by atoms with E-state index in [1.54, 1.807) is 18.2 Å². The van der Waals surface area contributed by atoms with Gasteiger partial charge in [0, 0.05) is 18.7 Å².